The molecule has 164 valence electrons. The largest absolute Gasteiger partial charge is 0.488 e. The van der Waals surface area contributed by atoms with Gasteiger partial charge in [0.25, 0.3) is 5.91 Å². The van der Waals surface area contributed by atoms with Crippen LogP contribution in [0.25, 0.3) is 0 Å². The lowest BCUT2D eigenvalue weighted by Crippen LogP contribution is -2.29. The highest BCUT2D eigenvalue weighted by atomic mass is 19.1. The zero-order valence-electron chi connectivity index (χ0n) is 17.7. The van der Waals surface area contributed by atoms with E-state index in [-0.39, 0.29) is 24.4 Å². The number of hydrogen-bond donors (Lipinski definition) is 2. The van der Waals surface area contributed by atoms with Gasteiger partial charge >= 0.3 is 0 Å². The molecule has 0 heterocycles. The molecule has 2 amide bonds. The Balaban J connectivity index is 1.46. The van der Waals surface area contributed by atoms with Crippen molar-refractivity contribution < 1.29 is 18.7 Å². The van der Waals surface area contributed by atoms with Crippen molar-refractivity contribution in [2.75, 3.05) is 6.54 Å². The Hall–Kier alpha value is -4.00. The number of aryl methyl sites for hydroxylation is 1. The number of nitrogens with zero attached hydrogens (tertiary/aromatic N) is 1. The molecule has 0 aromatic heterocycles. The molecule has 0 unspecified atom stereocenters. The molecule has 0 atom stereocenters. The average Bonchev–Trinajstić information content (AvgIpc) is 2.79. The summed E-state index contributed by atoms with van der Waals surface area (Å²) in [4.78, 5) is 23.9. The molecule has 6 nitrogen and oxygen atoms in total. The SMILES string of the molecule is Cc1ccc(COc2ccccc2C=NNC(=O)CCNC(=O)c2ccccc2F)cc1. The van der Waals surface area contributed by atoms with Gasteiger partial charge in [-0.25, -0.2) is 9.82 Å². The first kappa shape index (κ1) is 22.7. The quantitative estimate of drug-likeness (QED) is 0.396. The van der Waals surface area contributed by atoms with E-state index in [0.717, 1.165) is 5.56 Å². The Bertz CT molecular complexity index is 1100. The fraction of sp³-hybridized carbons (Fsp3) is 0.160. The lowest BCUT2D eigenvalue weighted by Gasteiger charge is -2.09. The number of para-hydroxylation sites is 1. The van der Waals surface area contributed by atoms with Crippen LogP contribution < -0.4 is 15.5 Å². The third-order valence-electron chi connectivity index (χ3n) is 4.58. The van der Waals surface area contributed by atoms with Crippen molar-refractivity contribution in [2.24, 2.45) is 5.10 Å². The molecule has 2 N–H and O–H groups in total. The molecule has 0 aliphatic carbocycles. The molecule has 0 radical (unpaired) electrons. The lowest BCUT2D eigenvalue weighted by atomic mass is 10.1. The van der Waals surface area contributed by atoms with Crippen LogP contribution in [0.5, 0.6) is 5.75 Å². The van der Waals surface area contributed by atoms with E-state index in [2.05, 4.69) is 15.8 Å². The van der Waals surface area contributed by atoms with E-state index in [9.17, 15) is 14.0 Å². The average molecular weight is 433 g/mol. The van der Waals surface area contributed by atoms with E-state index < -0.39 is 11.7 Å². The van der Waals surface area contributed by atoms with Crippen LogP contribution in [0.3, 0.4) is 0 Å². The topological polar surface area (TPSA) is 79.8 Å². The highest BCUT2D eigenvalue weighted by Crippen LogP contribution is 2.17. The van der Waals surface area contributed by atoms with Crippen LogP contribution in [-0.4, -0.2) is 24.6 Å². The summed E-state index contributed by atoms with van der Waals surface area (Å²) in [5, 5.41) is 6.47. The summed E-state index contributed by atoms with van der Waals surface area (Å²) in [6.45, 7) is 2.51. The van der Waals surface area contributed by atoms with Gasteiger partial charge in [-0.05, 0) is 36.8 Å². The summed E-state index contributed by atoms with van der Waals surface area (Å²) < 4.78 is 19.5. The highest BCUT2D eigenvalue weighted by molar-refractivity contribution is 5.94. The maximum atomic E-state index is 13.6. The van der Waals surface area contributed by atoms with Crippen LogP contribution in [0.15, 0.2) is 77.9 Å². The van der Waals surface area contributed by atoms with Crippen LogP contribution in [0.2, 0.25) is 0 Å². The van der Waals surface area contributed by atoms with Crippen LogP contribution in [0, 0.1) is 12.7 Å². The van der Waals surface area contributed by atoms with Gasteiger partial charge in [0.1, 0.15) is 18.2 Å². The first-order chi connectivity index (χ1) is 15.5. The van der Waals surface area contributed by atoms with Crippen molar-refractivity contribution >= 4 is 18.0 Å². The van der Waals surface area contributed by atoms with E-state index in [4.69, 9.17) is 4.74 Å². The molecule has 0 aliphatic heterocycles. The van der Waals surface area contributed by atoms with E-state index in [0.29, 0.717) is 17.9 Å². The standard InChI is InChI=1S/C25H24FN3O3/c1-18-10-12-19(13-11-18)17-32-23-9-5-2-6-20(23)16-28-29-24(30)14-15-27-25(31)21-7-3-4-8-22(21)26/h2-13,16H,14-15,17H2,1H3,(H,27,31)(H,29,30). The predicted octanol–water partition coefficient (Wildman–Crippen LogP) is 3.98. The molecular formula is C25H24FN3O3. The molecule has 3 aromatic carbocycles. The molecule has 3 rings (SSSR count). The normalized spacial score (nSPS) is 10.7. The minimum absolute atomic E-state index is 0.00308. The molecule has 32 heavy (non-hydrogen) atoms. The molecule has 3 aromatic rings. The van der Waals surface area contributed by atoms with Gasteiger partial charge in [0, 0.05) is 18.5 Å². The van der Waals surface area contributed by atoms with Crippen LogP contribution >= 0.6 is 0 Å². The van der Waals surface area contributed by atoms with Crippen molar-refractivity contribution in [1.82, 2.24) is 10.7 Å². The summed E-state index contributed by atoms with van der Waals surface area (Å²) in [5.74, 6) is -0.919. The van der Waals surface area contributed by atoms with Crippen LogP contribution in [0.4, 0.5) is 4.39 Å². The Labute approximate surface area is 186 Å². The second-order valence-corrected chi connectivity index (χ2v) is 7.09. The number of hydrazone groups is 1. The first-order valence-corrected chi connectivity index (χ1v) is 10.1. The van der Waals surface area contributed by atoms with Crippen LogP contribution in [0.1, 0.15) is 33.5 Å². The van der Waals surface area contributed by atoms with Gasteiger partial charge in [-0.2, -0.15) is 5.10 Å². The van der Waals surface area contributed by atoms with Crippen molar-refractivity contribution in [3.05, 3.63) is 101 Å². The molecular weight excluding hydrogens is 409 g/mol. The summed E-state index contributed by atoms with van der Waals surface area (Å²) in [6, 6.07) is 21.1. The fourth-order valence-electron chi connectivity index (χ4n) is 2.82. The molecule has 0 bridgehead atoms. The number of hydrogen-bond acceptors (Lipinski definition) is 4. The zero-order chi connectivity index (χ0) is 22.8. The number of nitrogens with one attached hydrogen (secondary N) is 2. The maximum absolute atomic E-state index is 13.6. The van der Waals surface area contributed by atoms with Gasteiger partial charge in [-0.1, -0.05) is 54.1 Å². The molecule has 0 fully saturated rings. The third-order valence-corrected chi connectivity index (χ3v) is 4.58. The maximum Gasteiger partial charge on any atom is 0.254 e. The number of carbonyl (C=O) groups is 2. The van der Waals surface area contributed by atoms with Gasteiger partial charge in [0.05, 0.1) is 11.8 Å². The zero-order valence-corrected chi connectivity index (χ0v) is 17.7. The number of benzene rings is 3. The summed E-state index contributed by atoms with van der Waals surface area (Å²) >= 11 is 0. The fourth-order valence-corrected chi connectivity index (χ4v) is 2.82. The molecule has 7 heteroatoms. The summed E-state index contributed by atoms with van der Waals surface area (Å²) in [7, 11) is 0. The van der Waals surface area contributed by atoms with Crippen LogP contribution in [-0.2, 0) is 11.4 Å². The lowest BCUT2D eigenvalue weighted by molar-refractivity contribution is -0.120. The van der Waals surface area contributed by atoms with Crippen molar-refractivity contribution in [3.8, 4) is 5.75 Å². The monoisotopic (exact) mass is 433 g/mol. The van der Waals surface area contributed by atoms with Gasteiger partial charge in [0.2, 0.25) is 5.91 Å². The molecule has 0 aliphatic rings. The molecule has 0 saturated carbocycles. The Kier molecular flexibility index (Phi) is 8.09. The summed E-state index contributed by atoms with van der Waals surface area (Å²) in [6.07, 6.45) is 1.50. The summed E-state index contributed by atoms with van der Waals surface area (Å²) in [5.41, 5.74) is 5.30. The third kappa shape index (κ3) is 6.77. The Morgan fingerprint density at radius 1 is 1.00 bits per heavy atom. The smallest absolute Gasteiger partial charge is 0.254 e. The van der Waals surface area contributed by atoms with Crippen molar-refractivity contribution in [3.63, 3.8) is 0 Å². The highest BCUT2D eigenvalue weighted by Gasteiger charge is 2.10. The number of amides is 2. The Morgan fingerprint density at radius 2 is 1.72 bits per heavy atom. The van der Waals surface area contributed by atoms with Gasteiger partial charge in [0.15, 0.2) is 0 Å². The minimum atomic E-state index is -0.609. The predicted molar refractivity (Wildman–Crippen MR) is 121 cm³/mol. The van der Waals surface area contributed by atoms with Gasteiger partial charge in [-0.15, -0.1) is 0 Å². The van der Waals surface area contributed by atoms with Gasteiger partial charge in [-0.3, -0.25) is 9.59 Å². The van der Waals surface area contributed by atoms with E-state index in [1.807, 2.05) is 55.5 Å². The number of halogens is 1. The van der Waals surface area contributed by atoms with E-state index in [1.165, 1.54) is 30.0 Å². The van der Waals surface area contributed by atoms with E-state index >= 15 is 0 Å². The number of ether oxygens (including phenoxy) is 1. The molecule has 0 spiro atoms. The van der Waals surface area contributed by atoms with Crippen molar-refractivity contribution in [1.29, 1.82) is 0 Å². The van der Waals surface area contributed by atoms with E-state index in [1.54, 1.807) is 6.07 Å². The second kappa shape index (κ2) is 11.4. The minimum Gasteiger partial charge on any atom is -0.488 e. The first-order valence-electron chi connectivity index (χ1n) is 10.1. The number of carbonyl (C=O) groups excluding carboxylic acids is 2. The Morgan fingerprint density at radius 3 is 2.50 bits per heavy atom. The molecule has 0 saturated heterocycles. The van der Waals surface area contributed by atoms with Gasteiger partial charge < -0.3 is 10.1 Å². The second-order valence-electron chi connectivity index (χ2n) is 7.09. The van der Waals surface area contributed by atoms with Crippen molar-refractivity contribution in [2.45, 2.75) is 20.0 Å². The number of rotatable bonds is 9.